The van der Waals surface area contributed by atoms with Crippen molar-refractivity contribution in [3.63, 3.8) is 0 Å². The minimum Gasteiger partial charge on any atom is -0.449 e. The number of hydrogen-bond acceptors (Lipinski definition) is 7. The van der Waals surface area contributed by atoms with Gasteiger partial charge in [0.2, 0.25) is 0 Å². The maximum atomic E-state index is 13.1. The van der Waals surface area contributed by atoms with Crippen LogP contribution in [0.15, 0.2) is 36.4 Å². The predicted molar refractivity (Wildman–Crippen MR) is 132 cm³/mol. The highest BCUT2D eigenvalue weighted by Crippen LogP contribution is 2.40. The standard InChI is InChI=1S/C25H24N6O3S/c1-15-10-19(11-16(2)27-15)22-21(18-5-3-4-17(12-18)13-26)28-23(35-22)29-24(32)30-7-8-31-20(14-30)6-9-34-25(31)33/h3-5,10-12,20H,6-9,14H2,1-2H3,(H,28,29,32). The largest absolute Gasteiger partial charge is 0.449 e. The van der Waals surface area contributed by atoms with Gasteiger partial charge >= 0.3 is 12.1 Å². The number of rotatable bonds is 3. The molecule has 1 unspecified atom stereocenters. The molecule has 3 amide bonds. The van der Waals surface area contributed by atoms with Crippen LogP contribution in [0.1, 0.15) is 23.4 Å². The number of nitrogens with zero attached hydrogens (tertiary/aromatic N) is 5. The first-order valence-corrected chi connectivity index (χ1v) is 12.2. The average molecular weight is 489 g/mol. The van der Waals surface area contributed by atoms with Gasteiger partial charge in [-0.25, -0.2) is 14.6 Å². The van der Waals surface area contributed by atoms with Crippen LogP contribution in [0, 0.1) is 25.2 Å². The van der Waals surface area contributed by atoms with Gasteiger partial charge in [0.1, 0.15) is 0 Å². The third-order valence-corrected chi connectivity index (χ3v) is 7.15. The van der Waals surface area contributed by atoms with E-state index in [1.807, 2.05) is 38.1 Å². The zero-order chi connectivity index (χ0) is 24.5. The van der Waals surface area contributed by atoms with Crippen molar-refractivity contribution >= 4 is 28.6 Å². The summed E-state index contributed by atoms with van der Waals surface area (Å²) in [6, 6.07) is 13.2. The Kier molecular flexibility index (Phi) is 6.09. The molecule has 2 saturated heterocycles. The summed E-state index contributed by atoms with van der Waals surface area (Å²) < 4.78 is 5.11. The Morgan fingerprint density at radius 2 is 1.97 bits per heavy atom. The Balaban J connectivity index is 1.44. The van der Waals surface area contributed by atoms with Crippen molar-refractivity contribution in [3.8, 4) is 27.8 Å². The van der Waals surface area contributed by atoms with Crippen LogP contribution in [0.25, 0.3) is 21.7 Å². The van der Waals surface area contributed by atoms with Gasteiger partial charge in [-0.3, -0.25) is 10.3 Å². The Labute approximate surface area is 207 Å². The molecule has 10 heteroatoms. The van der Waals surface area contributed by atoms with Crippen molar-refractivity contribution < 1.29 is 14.3 Å². The minimum atomic E-state index is -0.307. The maximum absolute atomic E-state index is 13.1. The normalized spacial score (nSPS) is 17.4. The molecule has 0 aliphatic carbocycles. The highest BCUT2D eigenvalue weighted by Gasteiger charge is 2.36. The third kappa shape index (κ3) is 4.68. The number of carbonyl (C=O) groups excluding carboxylic acids is 2. The number of hydrogen-bond donors (Lipinski definition) is 1. The lowest BCUT2D eigenvalue weighted by Gasteiger charge is -2.42. The van der Waals surface area contributed by atoms with Crippen LogP contribution in [-0.4, -0.2) is 64.2 Å². The first-order chi connectivity index (χ1) is 16.9. The smallest absolute Gasteiger partial charge is 0.410 e. The minimum absolute atomic E-state index is 0.0327. The fourth-order valence-corrected chi connectivity index (χ4v) is 5.49. The molecule has 3 aromatic rings. The van der Waals surface area contributed by atoms with E-state index < -0.39 is 0 Å². The Morgan fingerprint density at radius 1 is 1.17 bits per heavy atom. The van der Waals surface area contributed by atoms with Gasteiger partial charge in [0, 0.05) is 43.0 Å². The Hall–Kier alpha value is -3.97. The predicted octanol–water partition coefficient (Wildman–Crippen LogP) is 4.42. The summed E-state index contributed by atoms with van der Waals surface area (Å²) >= 11 is 1.39. The molecular formula is C25H24N6O3S. The molecule has 2 aromatic heterocycles. The molecule has 1 aromatic carbocycles. The summed E-state index contributed by atoms with van der Waals surface area (Å²) in [6.45, 7) is 5.59. The molecule has 0 bridgehead atoms. The Bertz CT molecular complexity index is 1330. The van der Waals surface area contributed by atoms with Crippen LogP contribution >= 0.6 is 11.3 Å². The van der Waals surface area contributed by atoms with E-state index in [4.69, 9.17) is 9.72 Å². The SMILES string of the molecule is Cc1cc(-c2sc(NC(=O)N3CCN4C(=O)OCCC4C3)nc2-c2cccc(C#N)c2)cc(C)n1. The number of ether oxygens (including phenoxy) is 1. The molecule has 1 N–H and O–H groups in total. The van der Waals surface area contributed by atoms with Crippen LogP contribution in [0.3, 0.4) is 0 Å². The summed E-state index contributed by atoms with van der Waals surface area (Å²) in [7, 11) is 0. The molecule has 0 saturated carbocycles. The van der Waals surface area contributed by atoms with Crippen molar-refractivity contribution in [2.75, 3.05) is 31.6 Å². The van der Waals surface area contributed by atoms with Gasteiger partial charge in [-0.05, 0) is 43.7 Å². The highest BCUT2D eigenvalue weighted by atomic mass is 32.1. The quantitative estimate of drug-likeness (QED) is 0.584. The first kappa shape index (κ1) is 22.8. The molecule has 35 heavy (non-hydrogen) atoms. The number of piperazine rings is 1. The second-order valence-corrected chi connectivity index (χ2v) is 9.65. The number of amides is 3. The number of aromatic nitrogens is 2. The second kappa shape index (κ2) is 9.35. The number of urea groups is 1. The van der Waals surface area contributed by atoms with Gasteiger partial charge in [-0.2, -0.15) is 5.26 Å². The lowest BCUT2D eigenvalue weighted by molar-refractivity contribution is 0.0156. The maximum Gasteiger partial charge on any atom is 0.410 e. The van der Waals surface area contributed by atoms with Gasteiger partial charge in [0.25, 0.3) is 0 Å². The van der Waals surface area contributed by atoms with Crippen LogP contribution in [0.4, 0.5) is 14.7 Å². The van der Waals surface area contributed by atoms with Crippen molar-refractivity contribution in [2.24, 2.45) is 0 Å². The molecular weight excluding hydrogens is 464 g/mol. The number of carbonyl (C=O) groups is 2. The van der Waals surface area contributed by atoms with Crippen LogP contribution in [0.5, 0.6) is 0 Å². The molecule has 2 fully saturated rings. The van der Waals surface area contributed by atoms with Gasteiger partial charge in [0.05, 0.1) is 34.9 Å². The topological polar surface area (TPSA) is 111 Å². The lowest BCUT2D eigenvalue weighted by atomic mass is 10.0. The van der Waals surface area contributed by atoms with Crippen molar-refractivity contribution in [1.29, 1.82) is 5.26 Å². The average Bonchev–Trinajstić information content (AvgIpc) is 3.27. The van der Waals surface area contributed by atoms with Gasteiger partial charge in [0.15, 0.2) is 5.13 Å². The fourth-order valence-electron chi connectivity index (χ4n) is 4.53. The van der Waals surface area contributed by atoms with E-state index in [-0.39, 0.29) is 18.2 Å². The number of thiazole rings is 1. The summed E-state index contributed by atoms with van der Waals surface area (Å²) in [5, 5.41) is 12.8. The fraction of sp³-hybridized carbons (Fsp3) is 0.320. The number of nitrogens with one attached hydrogen (secondary N) is 1. The van der Waals surface area contributed by atoms with Crippen molar-refractivity contribution in [3.05, 3.63) is 53.3 Å². The third-order valence-electron chi connectivity index (χ3n) is 6.13. The number of cyclic esters (lactones) is 1. The monoisotopic (exact) mass is 488 g/mol. The molecule has 5 rings (SSSR count). The molecule has 9 nitrogen and oxygen atoms in total. The number of pyridine rings is 1. The van der Waals surface area contributed by atoms with E-state index in [1.165, 1.54) is 11.3 Å². The molecule has 4 heterocycles. The van der Waals surface area contributed by atoms with E-state index >= 15 is 0 Å². The summed E-state index contributed by atoms with van der Waals surface area (Å²) in [4.78, 5) is 38.6. The van der Waals surface area contributed by atoms with Gasteiger partial charge in [-0.1, -0.05) is 23.5 Å². The van der Waals surface area contributed by atoms with Crippen LogP contribution < -0.4 is 5.32 Å². The van der Waals surface area contributed by atoms with E-state index in [0.717, 1.165) is 27.4 Å². The van der Waals surface area contributed by atoms with Crippen LogP contribution in [-0.2, 0) is 4.74 Å². The van der Waals surface area contributed by atoms with E-state index in [1.54, 1.807) is 21.9 Å². The summed E-state index contributed by atoms with van der Waals surface area (Å²) in [5.41, 5.74) is 4.78. The highest BCUT2D eigenvalue weighted by molar-refractivity contribution is 7.19. The molecule has 2 aliphatic heterocycles. The zero-order valence-corrected chi connectivity index (χ0v) is 20.3. The Morgan fingerprint density at radius 3 is 2.74 bits per heavy atom. The van der Waals surface area contributed by atoms with Gasteiger partial charge in [-0.15, -0.1) is 0 Å². The number of benzene rings is 1. The molecule has 0 radical (unpaired) electrons. The van der Waals surface area contributed by atoms with Crippen molar-refractivity contribution in [2.45, 2.75) is 26.3 Å². The second-order valence-electron chi connectivity index (χ2n) is 8.65. The summed E-state index contributed by atoms with van der Waals surface area (Å²) in [5.74, 6) is 0. The van der Waals surface area contributed by atoms with E-state index in [9.17, 15) is 14.9 Å². The zero-order valence-electron chi connectivity index (χ0n) is 19.4. The van der Waals surface area contributed by atoms with Gasteiger partial charge < -0.3 is 14.5 Å². The molecule has 2 aliphatic rings. The number of fused-ring (bicyclic) bond motifs is 1. The number of nitriles is 1. The molecule has 0 spiro atoms. The summed E-state index contributed by atoms with van der Waals surface area (Å²) in [6.07, 6.45) is 0.398. The van der Waals surface area contributed by atoms with Crippen molar-refractivity contribution in [1.82, 2.24) is 19.8 Å². The number of aryl methyl sites for hydroxylation is 2. The molecule has 178 valence electrons. The van der Waals surface area contributed by atoms with E-state index in [0.29, 0.717) is 49.1 Å². The lowest BCUT2D eigenvalue weighted by Crippen LogP contribution is -2.59. The molecule has 1 atom stereocenters. The van der Waals surface area contributed by atoms with Crippen LogP contribution in [0.2, 0.25) is 0 Å². The van der Waals surface area contributed by atoms with E-state index in [2.05, 4.69) is 16.4 Å². The number of anilines is 1. The first-order valence-electron chi connectivity index (χ1n) is 11.4.